The lowest BCUT2D eigenvalue weighted by molar-refractivity contribution is 0.213. The Morgan fingerprint density at radius 3 is 2.47 bits per heavy atom. The van der Waals surface area contributed by atoms with E-state index in [-0.39, 0.29) is 10.9 Å². The first kappa shape index (κ1) is 13.1. The molecule has 2 atom stereocenters. The lowest BCUT2D eigenvalue weighted by Gasteiger charge is -2.22. The summed E-state index contributed by atoms with van der Waals surface area (Å²) in [5.74, 6) is 0.690. The molecule has 0 spiro atoms. The summed E-state index contributed by atoms with van der Waals surface area (Å²) in [6, 6.07) is 2.18. The van der Waals surface area contributed by atoms with E-state index in [1.165, 1.54) is 11.8 Å². The summed E-state index contributed by atoms with van der Waals surface area (Å²) in [4.78, 5) is 0. The van der Waals surface area contributed by atoms with Crippen LogP contribution in [0.1, 0.15) is 20.3 Å². The Hall–Kier alpha value is -0.01000. The molecule has 0 aromatic heterocycles. The highest BCUT2D eigenvalue weighted by atomic mass is 32.2. The summed E-state index contributed by atoms with van der Waals surface area (Å²) in [7, 11) is -2.99. The van der Waals surface area contributed by atoms with Crippen molar-refractivity contribution in [1.29, 1.82) is 5.26 Å². The Morgan fingerprint density at radius 2 is 2.07 bits per heavy atom. The minimum atomic E-state index is -2.99. The molecule has 0 N–H and O–H groups in total. The van der Waals surface area contributed by atoms with Gasteiger partial charge in [-0.1, -0.05) is 0 Å². The van der Waals surface area contributed by atoms with Gasteiger partial charge >= 0.3 is 7.60 Å². The van der Waals surface area contributed by atoms with Crippen molar-refractivity contribution in [1.82, 2.24) is 0 Å². The molecule has 0 aliphatic carbocycles. The number of rotatable bonds is 5. The smallest absolute Gasteiger partial charge is 0.309 e. The molecule has 0 radical (unpaired) electrons. The van der Waals surface area contributed by atoms with Crippen LogP contribution >= 0.6 is 19.4 Å². The number of nitrogens with zero attached hydrogens (tertiary/aromatic N) is 1. The van der Waals surface area contributed by atoms with E-state index in [1.807, 2.05) is 0 Å². The SMILES string of the molecule is CCOP(=O)(OCC)[C@@H]1CS[C@@H](C#N)C1. The third-order valence-electron chi connectivity index (χ3n) is 2.19. The van der Waals surface area contributed by atoms with Crippen molar-refractivity contribution in [3.8, 4) is 6.07 Å². The van der Waals surface area contributed by atoms with E-state index in [0.717, 1.165) is 0 Å². The lowest BCUT2D eigenvalue weighted by atomic mass is 10.3. The van der Waals surface area contributed by atoms with Gasteiger partial charge in [0.05, 0.1) is 30.2 Å². The van der Waals surface area contributed by atoms with Gasteiger partial charge in [0.1, 0.15) is 0 Å². The molecule has 15 heavy (non-hydrogen) atoms. The summed E-state index contributed by atoms with van der Waals surface area (Å²) >= 11 is 1.54. The number of hydrogen-bond acceptors (Lipinski definition) is 5. The molecule has 1 aliphatic heterocycles. The highest BCUT2D eigenvalue weighted by Crippen LogP contribution is 2.58. The van der Waals surface area contributed by atoms with Gasteiger partial charge in [-0.05, 0) is 20.3 Å². The van der Waals surface area contributed by atoms with E-state index in [2.05, 4.69) is 6.07 Å². The van der Waals surface area contributed by atoms with E-state index in [0.29, 0.717) is 25.4 Å². The van der Waals surface area contributed by atoms with E-state index < -0.39 is 7.60 Å². The average Bonchev–Trinajstić information content (AvgIpc) is 2.67. The zero-order chi connectivity index (χ0) is 11.3. The second-order valence-corrected chi connectivity index (χ2v) is 6.78. The highest BCUT2D eigenvalue weighted by Gasteiger charge is 2.41. The van der Waals surface area contributed by atoms with Crippen molar-refractivity contribution < 1.29 is 13.6 Å². The van der Waals surface area contributed by atoms with Crippen LogP contribution in [0.15, 0.2) is 0 Å². The van der Waals surface area contributed by atoms with Crippen LogP contribution in [-0.4, -0.2) is 29.9 Å². The molecule has 4 nitrogen and oxygen atoms in total. The Labute approximate surface area is 94.9 Å². The summed E-state index contributed by atoms with van der Waals surface area (Å²) < 4.78 is 22.8. The molecule has 1 saturated heterocycles. The van der Waals surface area contributed by atoms with Gasteiger partial charge in [0.2, 0.25) is 0 Å². The van der Waals surface area contributed by atoms with Gasteiger partial charge in [-0.2, -0.15) is 5.26 Å². The standard InChI is InChI=1S/C9H16NO3PS/c1-3-12-14(11,13-4-2)8-5-9(6-10)15-7-8/h8-9H,3-5,7H2,1-2H3/t8-,9+/m0/s1. The van der Waals surface area contributed by atoms with Crippen LogP contribution in [0.25, 0.3) is 0 Å². The molecular formula is C9H16NO3PS. The second kappa shape index (κ2) is 5.91. The van der Waals surface area contributed by atoms with Crippen LogP contribution in [0.3, 0.4) is 0 Å². The first-order chi connectivity index (χ1) is 7.16. The zero-order valence-electron chi connectivity index (χ0n) is 9.01. The van der Waals surface area contributed by atoms with Gasteiger partial charge in [-0.3, -0.25) is 4.57 Å². The molecule has 1 fully saturated rings. The molecule has 1 aliphatic rings. The monoisotopic (exact) mass is 249 g/mol. The third kappa shape index (κ3) is 3.22. The largest absolute Gasteiger partial charge is 0.334 e. The van der Waals surface area contributed by atoms with Crippen LogP contribution < -0.4 is 0 Å². The molecule has 0 bridgehead atoms. The van der Waals surface area contributed by atoms with Crippen molar-refractivity contribution in [2.75, 3.05) is 19.0 Å². The minimum Gasteiger partial charge on any atom is -0.309 e. The van der Waals surface area contributed by atoms with Gasteiger partial charge in [-0.25, -0.2) is 0 Å². The second-order valence-electron chi connectivity index (χ2n) is 3.22. The highest BCUT2D eigenvalue weighted by molar-refractivity contribution is 8.00. The van der Waals surface area contributed by atoms with Gasteiger partial charge in [0.25, 0.3) is 0 Å². The van der Waals surface area contributed by atoms with E-state index in [4.69, 9.17) is 14.3 Å². The maximum atomic E-state index is 12.3. The summed E-state index contributed by atoms with van der Waals surface area (Å²) in [5.41, 5.74) is -0.118. The van der Waals surface area contributed by atoms with Crippen LogP contribution in [0.4, 0.5) is 0 Å². The Kier molecular flexibility index (Phi) is 5.14. The normalized spacial score (nSPS) is 26.5. The molecule has 0 unspecified atom stereocenters. The zero-order valence-corrected chi connectivity index (χ0v) is 10.7. The van der Waals surface area contributed by atoms with Crippen molar-refractivity contribution in [3.63, 3.8) is 0 Å². The maximum absolute atomic E-state index is 12.3. The van der Waals surface area contributed by atoms with Crippen LogP contribution in [-0.2, 0) is 13.6 Å². The number of thioether (sulfide) groups is 1. The van der Waals surface area contributed by atoms with Crippen LogP contribution in [0.5, 0.6) is 0 Å². The van der Waals surface area contributed by atoms with Gasteiger partial charge in [0.15, 0.2) is 0 Å². The van der Waals surface area contributed by atoms with Crippen molar-refractivity contribution >= 4 is 19.4 Å². The average molecular weight is 249 g/mol. The van der Waals surface area contributed by atoms with E-state index >= 15 is 0 Å². The van der Waals surface area contributed by atoms with Gasteiger partial charge in [0, 0.05) is 5.75 Å². The lowest BCUT2D eigenvalue weighted by Crippen LogP contribution is -2.13. The van der Waals surface area contributed by atoms with Crippen molar-refractivity contribution in [2.45, 2.75) is 31.2 Å². The molecule has 1 rings (SSSR count). The molecule has 1 heterocycles. The van der Waals surface area contributed by atoms with Crippen LogP contribution in [0.2, 0.25) is 0 Å². The third-order valence-corrected chi connectivity index (χ3v) is 6.25. The van der Waals surface area contributed by atoms with Crippen molar-refractivity contribution in [2.24, 2.45) is 0 Å². The molecular weight excluding hydrogens is 233 g/mol. The van der Waals surface area contributed by atoms with Crippen molar-refractivity contribution in [3.05, 3.63) is 0 Å². The molecule has 6 heteroatoms. The number of nitriles is 1. The fraction of sp³-hybridized carbons (Fsp3) is 0.889. The number of hydrogen-bond donors (Lipinski definition) is 0. The summed E-state index contributed by atoms with van der Waals surface area (Å²) in [6.45, 7) is 4.37. The first-order valence-electron chi connectivity index (χ1n) is 5.06. The Balaban J connectivity index is 2.66. The minimum absolute atomic E-state index is 0.0655. The van der Waals surface area contributed by atoms with E-state index in [1.54, 1.807) is 13.8 Å². The molecule has 0 amide bonds. The topological polar surface area (TPSA) is 59.3 Å². The predicted octanol–water partition coefficient (Wildman–Crippen LogP) is 2.65. The molecule has 0 saturated carbocycles. The van der Waals surface area contributed by atoms with Crippen LogP contribution in [0, 0.1) is 11.3 Å². The first-order valence-corrected chi connectivity index (χ1v) is 7.72. The molecule has 0 aromatic carbocycles. The molecule has 86 valence electrons. The quantitative estimate of drug-likeness (QED) is 0.701. The summed E-state index contributed by atoms with van der Waals surface area (Å²) in [6.07, 6.45) is 0.610. The fourth-order valence-electron chi connectivity index (χ4n) is 1.53. The molecule has 0 aromatic rings. The predicted molar refractivity (Wildman–Crippen MR) is 61.1 cm³/mol. The van der Waals surface area contributed by atoms with Gasteiger partial charge in [-0.15, -0.1) is 11.8 Å². The Morgan fingerprint density at radius 1 is 1.47 bits per heavy atom. The fourth-order valence-corrected chi connectivity index (χ4v) is 5.38. The maximum Gasteiger partial charge on any atom is 0.334 e. The van der Waals surface area contributed by atoms with Gasteiger partial charge < -0.3 is 9.05 Å². The Bertz CT molecular complexity index is 282. The summed E-state index contributed by atoms with van der Waals surface area (Å²) in [5, 5.41) is 8.70. The van der Waals surface area contributed by atoms with E-state index in [9.17, 15) is 4.57 Å².